The minimum Gasteiger partial charge on any atom is -0.454 e. The van der Waals surface area contributed by atoms with E-state index in [2.05, 4.69) is 61.2 Å². The van der Waals surface area contributed by atoms with Crippen molar-refractivity contribution in [2.45, 2.75) is 187 Å². The predicted molar refractivity (Wildman–Crippen MR) is 200 cm³/mol. The van der Waals surface area contributed by atoms with Crippen LogP contribution in [0, 0.1) is 16.7 Å². The third kappa shape index (κ3) is 6.38. The quantitative estimate of drug-likeness (QED) is 0.115. The van der Waals surface area contributed by atoms with E-state index in [1.54, 1.807) is 0 Å². The first kappa shape index (κ1) is 41.1. The Morgan fingerprint density at radius 1 is 0.898 bits per heavy atom. The Bertz CT molecular complexity index is 1270. The molecule has 4 aliphatic rings. The molecule has 3 fully saturated rings. The van der Waals surface area contributed by atoms with Crippen molar-refractivity contribution in [3.8, 4) is 0 Å². The van der Waals surface area contributed by atoms with Gasteiger partial charge >= 0.3 is 5.97 Å². The zero-order chi connectivity index (χ0) is 37.2. The number of aliphatic hydroxyl groups is 2. The van der Waals surface area contributed by atoms with Crippen molar-refractivity contribution >= 4 is 36.7 Å². The Balaban J connectivity index is 2.14. The van der Waals surface area contributed by atoms with Gasteiger partial charge in [0.2, 0.25) is 0 Å². The predicted octanol–water partition coefficient (Wildman–Crippen LogP) is 7.14. The number of ketones is 1. The number of fused-ring (bicyclic) bond motifs is 5. The molecule has 2 N–H and O–H groups in total. The van der Waals surface area contributed by atoms with E-state index in [0.717, 1.165) is 47.4 Å². The second-order valence-electron chi connectivity index (χ2n) is 17.3. The summed E-state index contributed by atoms with van der Waals surface area (Å²) in [4.78, 5) is 29.0. The van der Waals surface area contributed by atoms with Gasteiger partial charge in [-0.15, -0.1) is 0 Å². The first-order valence-electron chi connectivity index (χ1n) is 19.1. The fourth-order valence-corrected chi connectivity index (χ4v) is 16.9. The first-order valence-corrected chi connectivity index (χ1v) is 27.5. The summed E-state index contributed by atoms with van der Waals surface area (Å²) in [5.74, 6) is -1.69. The molecule has 1 aliphatic heterocycles. The summed E-state index contributed by atoms with van der Waals surface area (Å²) >= 11 is 0. The van der Waals surface area contributed by atoms with E-state index in [0.29, 0.717) is 6.42 Å². The smallest absolute Gasteiger partial charge is 0.303 e. The SMILES string of the molecule is CC[Si](CC)(CC)O[C@H]1C(=O)[C@]2(C)[C@@H](O[Si](CC)(CC)CC)C[C@H]3OC[C@@]3(OC(C)=O)[C@@H]2[C@H](O)[C@]2(O)C[C@H](O[Si](C)(C)C)C(C)=C1C2(C)C. The molecule has 49 heavy (non-hydrogen) atoms. The molecule has 0 radical (unpaired) electrons. The van der Waals surface area contributed by atoms with E-state index < -0.39 is 89.4 Å². The summed E-state index contributed by atoms with van der Waals surface area (Å²) in [7, 11) is -6.96. The summed E-state index contributed by atoms with van der Waals surface area (Å²) in [6.45, 7) is 28.5. The maximum absolute atomic E-state index is 16.1. The Labute approximate surface area is 299 Å². The van der Waals surface area contributed by atoms with Crippen molar-refractivity contribution in [2.24, 2.45) is 16.7 Å². The van der Waals surface area contributed by atoms with Gasteiger partial charge < -0.3 is 33.0 Å². The van der Waals surface area contributed by atoms with Crippen LogP contribution in [-0.4, -0.2) is 95.2 Å². The Kier molecular flexibility index (Phi) is 11.7. The maximum Gasteiger partial charge on any atom is 0.303 e. The van der Waals surface area contributed by atoms with Crippen LogP contribution in [0.1, 0.15) is 89.0 Å². The summed E-state index contributed by atoms with van der Waals surface area (Å²) in [5.41, 5.74) is -3.93. The van der Waals surface area contributed by atoms with Crippen LogP contribution in [0.25, 0.3) is 0 Å². The van der Waals surface area contributed by atoms with E-state index in [4.69, 9.17) is 22.8 Å². The molecule has 12 heteroatoms. The molecule has 1 saturated heterocycles. The van der Waals surface area contributed by atoms with Gasteiger partial charge in [-0.25, -0.2) is 0 Å². The van der Waals surface area contributed by atoms with Crippen molar-refractivity contribution < 1.29 is 42.6 Å². The average Bonchev–Trinajstić information content (AvgIpc) is 3.02. The summed E-state index contributed by atoms with van der Waals surface area (Å²) in [6, 6.07) is 5.14. The molecular formula is C37H68O9Si3. The van der Waals surface area contributed by atoms with Crippen molar-refractivity contribution in [1.82, 2.24) is 0 Å². The lowest BCUT2D eigenvalue weighted by atomic mass is 9.45. The van der Waals surface area contributed by atoms with E-state index in [-0.39, 0.29) is 18.8 Å². The summed E-state index contributed by atoms with van der Waals surface area (Å²) in [6.07, 6.45) is -3.72. The molecule has 1 heterocycles. The van der Waals surface area contributed by atoms with Crippen LogP contribution in [0.2, 0.25) is 55.9 Å². The number of hydrogen-bond donors (Lipinski definition) is 2. The Morgan fingerprint density at radius 2 is 1.41 bits per heavy atom. The van der Waals surface area contributed by atoms with Gasteiger partial charge in [-0.3, -0.25) is 9.59 Å². The number of carbonyl (C=O) groups excluding carboxylic acids is 2. The van der Waals surface area contributed by atoms with E-state index in [1.807, 2.05) is 27.7 Å². The van der Waals surface area contributed by atoms with E-state index in [9.17, 15) is 15.0 Å². The highest BCUT2D eigenvalue weighted by Crippen LogP contribution is 2.64. The van der Waals surface area contributed by atoms with Crippen LogP contribution < -0.4 is 0 Å². The number of carbonyl (C=O) groups is 2. The molecule has 4 rings (SSSR count). The molecule has 9 atom stereocenters. The zero-order valence-electron chi connectivity index (χ0n) is 33.1. The molecule has 9 nitrogen and oxygen atoms in total. The number of Topliss-reactive ketones (excluding diaryl/α,β-unsaturated/α-hetero) is 1. The maximum atomic E-state index is 16.1. The normalized spacial score (nSPS) is 37.8. The Hall–Kier alpha value is -0.709. The molecule has 0 unspecified atom stereocenters. The van der Waals surface area contributed by atoms with Crippen LogP contribution in [0.4, 0.5) is 0 Å². The zero-order valence-corrected chi connectivity index (χ0v) is 36.1. The van der Waals surface area contributed by atoms with E-state index >= 15 is 4.79 Å². The molecule has 0 aromatic rings. The molecule has 0 aromatic carbocycles. The monoisotopic (exact) mass is 740 g/mol. The van der Waals surface area contributed by atoms with Gasteiger partial charge in [0.05, 0.1) is 30.3 Å². The highest BCUT2D eigenvalue weighted by atomic mass is 28.4. The number of ether oxygens (including phenoxy) is 2. The number of esters is 1. The molecule has 0 spiro atoms. The summed E-state index contributed by atoms with van der Waals surface area (Å²) in [5, 5.41) is 26.4. The highest BCUT2D eigenvalue weighted by Gasteiger charge is 2.77. The fraction of sp³-hybridized carbons (Fsp3) is 0.892. The molecule has 3 aliphatic carbocycles. The molecule has 2 saturated carbocycles. The fourth-order valence-electron chi connectivity index (χ4n) is 10.1. The molecule has 282 valence electrons. The van der Waals surface area contributed by atoms with Gasteiger partial charge in [0.25, 0.3) is 0 Å². The minimum atomic E-state index is -2.46. The molecular weight excluding hydrogens is 673 g/mol. The van der Waals surface area contributed by atoms with Crippen LogP contribution in [0.15, 0.2) is 11.1 Å². The van der Waals surface area contributed by atoms with Gasteiger partial charge in [0.1, 0.15) is 17.8 Å². The Morgan fingerprint density at radius 3 is 1.84 bits per heavy atom. The van der Waals surface area contributed by atoms with Gasteiger partial charge in [0, 0.05) is 31.1 Å². The topological polar surface area (TPSA) is 121 Å². The second kappa shape index (κ2) is 13.9. The molecule has 0 amide bonds. The number of hydrogen-bond acceptors (Lipinski definition) is 9. The van der Waals surface area contributed by atoms with E-state index in [1.165, 1.54) is 6.92 Å². The van der Waals surface area contributed by atoms with Gasteiger partial charge in [0.15, 0.2) is 36.3 Å². The standard InChI is InChI=1S/C37H68O9Si3/c1-15-48(16-2,17-3)45-27-21-28-36(23-42-28,43-25(8)38)31-33(40)37(41)22-26(44-47(12,13)14)24(7)29(34(37,9)10)30(32(39)35(27,31)11)46-49(18-4,19-5)20-6/h26-28,30-31,33,40-41H,15-23H2,1-14H3/t26-,27-,28+,30+,31+,33-,35+,36-,37+/m0/s1. The van der Waals surface area contributed by atoms with Crippen molar-refractivity contribution in [3.63, 3.8) is 0 Å². The average molecular weight is 741 g/mol. The largest absolute Gasteiger partial charge is 0.454 e. The van der Waals surface area contributed by atoms with Crippen molar-refractivity contribution in [2.75, 3.05) is 6.61 Å². The highest BCUT2D eigenvalue weighted by molar-refractivity contribution is 6.74. The lowest BCUT2D eigenvalue weighted by Gasteiger charge is -2.68. The number of rotatable bonds is 13. The third-order valence-corrected chi connectivity index (χ3v) is 24.0. The van der Waals surface area contributed by atoms with Crippen molar-refractivity contribution in [1.29, 1.82) is 0 Å². The minimum absolute atomic E-state index is 0.0304. The van der Waals surface area contributed by atoms with Gasteiger partial charge in [-0.2, -0.15) is 0 Å². The number of aliphatic hydroxyl groups excluding tert-OH is 1. The van der Waals surface area contributed by atoms with Crippen LogP contribution >= 0.6 is 0 Å². The lowest BCUT2D eigenvalue weighted by molar-refractivity contribution is -0.345. The third-order valence-electron chi connectivity index (χ3n) is 13.8. The van der Waals surface area contributed by atoms with Crippen LogP contribution in [-0.2, 0) is 32.3 Å². The van der Waals surface area contributed by atoms with Crippen LogP contribution in [0.3, 0.4) is 0 Å². The molecule has 2 bridgehead atoms. The van der Waals surface area contributed by atoms with Crippen molar-refractivity contribution in [3.05, 3.63) is 11.1 Å². The lowest BCUT2D eigenvalue weighted by Crippen LogP contribution is -2.82. The van der Waals surface area contributed by atoms with Gasteiger partial charge in [-0.1, -0.05) is 55.4 Å². The van der Waals surface area contributed by atoms with Gasteiger partial charge in [-0.05, 0) is 80.9 Å². The molecule has 0 aromatic heterocycles. The van der Waals surface area contributed by atoms with Crippen LogP contribution in [0.5, 0.6) is 0 Å². The summed E-state index contributed by atoms with van der Waals surface area (Å²) < 4.78 is 34.0. The second-order valence-corrected chi connectivity index (χ2v) is 31.2. The first-order chi connectivity index (χ1) is 22.6.